The largest absolute Gasteiger partial charge is 0.332 e. The molecule has 5 heteroatoms. The van der Waals surface area contributed by atoms with E-state index in [1.54, 1.807) is 29.5 Å². The minimum absolute atomic E-state index is 0. The van der Waals surface area contributed by atoms with E-state index in [9.17, 15) is 0 Å². The molecule has 9 rings (SSSR count). The molecule has 0 unspecified atom stereocenters. The Morgan fingerprint density at radius 2 is 1.44 bits per heavy atom. The Bertz CT molecular complexity index is 2750. The standard InChI is InChI=1S/C37H27N2S.C12H10N.Ir/c1-24(2)28-18-19-35-31(22-28)32(23-40-35)37-38-33-16-10-11-17-34(33)39(37)36-29(26-12-6-4-7-13-26)20-25(3)21-30(36)27-14-8-5-9-15-27;1-10-7-8-12(13-9-10)11-5-3-2-4-6-11;/h4-22H,1H2,2-3H3;2-5,7-9H,1H3;/q2*-1;/i;1D3;. The van der Waals surface area contributed by atoms with Crippen molar-refractivity contribution < 1.29 is 24.2 Å². The fourth-order valence-corrected chi connectivity index (χ4v) is 7.45. The zero-order chi connectivity index (χ0) is 38.8. The van der Waals surface area contributed by atoms with Gasteiger partial charge in [-0.2, -0.15) is 0 Å². The van der Waals surface area contributed by atoms with Gasteiger partial charge in [0.05, 0.1) is 22.5 Å². The van der Waals surface area contributed by atoms with Gasteiger partial charge in [-0.3, -0.25) is 16.3 Å². The van der Waals surface area contributed by atoms with Crippen molar-refractivity contribution in [2.45, 2.75) is 20.7 Å². The first-order valence-electron chi connectivity index (χ1n) is 18.9. The number of imidazole rings is 1. The van der Waals surface area contributed by atoms with Gasteiger partial charge in [0.2, 0.25) is 0 Å². The van der Waals surface area contributed by atoms with Crippen molar-refractivity contribution in [1.29, 1.82) is 0 Å². The van der Waals surface area contributed by atoms with E-state index in [-0.39, 0.29) is 25.7 Å². The second-order valence-corrected chi connectivity index (χ2v) is 13.8. The van der Waals surface area contributed by atoms with Crippen LogP contribution < -0.4 is 0 Å². The molecule has 1 radical (unpaired) electrons. The van der Waals surface area contributed by atoms with Gasteiger partial charge in [-0.1, -0.05) is 131 Å². The van der Waals surface area contributed by atoms with E-state index in [1.165, 1.54) is 38.7 Å². The van der Waals surface area contributed by atoms with E-state index >= 15 is 0 Å². The van der Waals surface area contributed by atoms with Crippen LogP contribution in [0.5, 0.6) is 0 Å². The van der Waals surface area contributed by atoms with Crippen LogP contribution in [-0.2, 0) is 20.1 Å². The number of thiophene rings is 1. The van der Waals surface area contributed by atoms with Crippen LogP contribution in [0.25, 0.3) is 77.3 Å². The molecule has 0 spiro atoms. The normalized spacial score (nSPS) is 11.9. The van der Waals surface area contributed by atoms with Crippen LogP contribution in [0.3, 0.4) is 0 Å². The number of para-hydroxylation sites is 2. The summed E-state index contributed by atoms with van der Waals surface area (Å²) in [5.41, 5.74) is 14.1. The van der Waals surface area contributed by atoms with Gasteiger partial charge in [0.1, 0.15) is 0 Å². The van der Waals surface area contributed by atoms with Crippen molar-refractivity contribution in [3.8, 4) is 50.6 Å². The van der Waals surface area contributed by atoms with E-state index in [4.69, 9.17) is 9.10 Å². The first-order valence-corrected chi connectivity index (χ1v) is 18.2. The molecule has 265 valence electrons. The summed E-state index contributed by atoms with van der Waals surface area (Å²) in [6.07, 6.45) is 1.39. The molecule has 0 bridgehead atoms. The van der Waals surface area contributed by atoms with Gasteiger partial charge in [-0.15, -0.1) is 41.3 Å². The maximum absolute atomic E-state index is 7.23. The summed E-state index contributed by atoms with van der Waals surface area (Å²) in [5, 5.41) is 4.78. The topological polar surface area (TPSA) is 30.7 Å². The van der Waals surface area contributed by atoms with E-state index < -0.39 is 6.85 Å². The number of aromatic nitrogens is 3. The molecule has 3 heterocycles. The third-order valence-electron chi connectivity index (χ3n) is 9.19. The average molecular weight is 895 g/mol. The predicted octanol–water partition coefficient (Wildman–Crippen LogP) is 13.2. The minimum atomic E-state index is -2.09. The molecule has 0 aliphatic carbocycles. The Morgan fingerprint density at radius 3 is 2.07 bits per heavy atom. The van der Waals surface area contributed by atoms with Gasteiger partial charge in [0.15, 0.2) is 0 Å². The van der Waals surface area contributed by atoms with Crippen molar-refractivity contribution in [2.24, 2.45) is 0 Å². The number of benzene rings is 6. The number of allylic oxidation sites excluding steroid dienone is 1. The summed E-state index contributed by atoms with van der Waals surface area (Å²) in [6.45, 7) is 6.33. The first-order chi connectivity index (χ1) is 27.2. The molecule has 3 aromatic heterocycles. The fraction of sp³-hybridized carbons (Fsp3) is 0.0612. The summed E-state index contributed by atoms with van der Waals surface area (Å²) in [5.74, 6) is 0.893. The van der Waals surface area contributed by atoms with Crippen LogP contribution in [0, 0.1) is 25.2 Å². The zero-order valence-electron chi connectivity index (χ0n) is 32.8. The van der Waals surface area contributed by atoms with Crippen molar-refractivity contribution in [3.05, 3.63) is 193 Å². The van der Waals surface area contributed by atoms with Gasteiger partial charge in [-0.05, 0) is 78.5 Å². The summed E-state index contributed by atoms with van der Waals surface area (Å²) in [6, 6.07) is 54.7. The molecule has 0 saturated carbocycles. The van der Waals surface area contributed by atoms with Gasteiger partial charge in [-0.25, -0.2) is 0 Å². The van der Waals surface area contributed by atoms with Crippen molar-refractivity contribution >= 4 is 38.0 Å². The van der Waals surface area contributed by atoms with Crippen molar-refractivity contribution in [1.82, 2.24) is 14.5 Å². The molecule has 3 nitrogen and oxygen atoms in total. The molecule has 54 heavy (non-hydrogen) atoms. The quantitative estimate of drug-likeness (QED) is 0.156. The number of rotatable bonds is 6. The van der Waals surface area contributed by atoms with Crippen LogP contribution in [0.1, 0.15) is 27.7 Å². The van der Waals surface area contributed by atoms with Crippen LogP contribution in [0.4, 0.5) is 0 Å². The number of aryl methyl sites for hydroxylation is 2. The van der Waals surface area contributed by atoms with Crippen molar-refractivity contribution in [2.75, 3.05) is 0 Å². The van der Waals surface area contributed by atoms with E-state index in [1.807, 2.05) is 18.2 Å². The van der Waals surface area contributed by atoms with Crippen molar-refractivity contribution in [3.63, 3.8) is 0 Å². The first kappa shape index (κ1) is 32.9. The maximum atomic E-state index is 7.23. The summed E-state index contributed by atoms with van der Waals surface area (Å²) >= 11 is 1.64. The Balaban J connectivity index is 0.000000246. The molecule has 0 fully saturated rings. The summed E-state index contributed by atoms with van der Waals surface area (Å²) in [4.78, 5) is 9.39. The third kappa shape index (κ3) is 7.40. The summed E-state index contributed by atoms with van der Waals surface area (Å²) < 4.78 is 25.2. The number of pyridine rings is 1. The Labute approximate surface area is 338 Å². The van der Waals surface area contributed by atoms with Gasteiger partial charge in [0.25, 0.3) is 0 Å². The summed E-state index contributed by atoms with van der Waals surface area (Å²) in [7, 11) is 0. The SMILES string of the molecule is C=C(C)c1ccc2s[c-]c(-c3nc4ccccc4n3-c3c(-c4ccccc4)cc(C)cc3-c3ccccc3)c2c1.[2H]C([2H])([2H])c1ccc(-c2[c-]cccc2)nc1.[Ir]. The van der Waals surface area contributed by atoms with E-state index in [2.05, 4.69) is 157 Å². The van der Waals surface area contributed by atoms with Crippen LogP contribution in [0.2, 0.25) is 0 Å². The monoisotopic (exact) mass is 895 g/mol. The Kier molecular flexibility index (Phi) is 9.82. The van der Waals surface area contributed by atoms with Gasteiger partial charge >= 0.3 is 0 Å². The second-order valence-electron chi connectivity index (χ2n) is 13.0. The molecule has 0 aliphatic rings. The predicted molar refractivity (Wildman–Crippen MR) is 224 cm³/mol. The van der Waals surface area contributed by atoms with E-state index in [0.717, 1.165) is 55.9 Å². The zero-order valence-corrected chi connectivity index (χ0v) is 33.0. The second kappa shape index (κ2) is 16.1. The smallest absolute Gasteiger partial charge is 0.0774 e. The Morgan fingerprint density at radius 1 is 0.759 bits per heavy atom. The molecular weight excluding hydrogens is 855 g/mol. The van der Waals surface area contributed by atoms with Gasteiger partial charge < -0.3 is 9.55 Å². The molecule has 0 N–H and O–H groups in total. The molecular formula is C49H37IrN3S-2. The van der Waals surface area contributed by atoms with Gasteiger partial charge in [0, 0.05) is 41.5 Å². The van der Waals surface area contributed by atoms with Crippen LogP contribution in [-0.4, -0.2) is 14.5 Å². The van der Waals surface area contributed by atoms with Crippen LogP contribution in [0.15, 0.2) is 164 Å². The number of nitrogens with zero attached hydrogens (tertiary/aromatic N) is 3. The molecule has 0 saturated heterocycles. The number of fused-ring (bicyclic) bond motifs is 2. The number of hydrogen-bond acceptors (Lipinski definition) is 3. The third-order valence-corrected chi connectivity index (χ3v) is 10.1. The molecule has 6 aromatic carbocycles. The van der Waals surface area contributed by atoms with Crippen LogP contribution >= 0.6 is 11.3 Å². The average Bonchev–Trinajstić information content (AvgIpc) is 3.83. The number of hydrogen-bond donors (Lipinski definition) is 0. The molecule has 0 atom stereocenters. The molecule has 9 aromatic rings. The molecule has 0 aliphatic heterocycles. The fourth-order valence-electron chi connectivity index (χ4n) is 6.63. The minimum Gasteiger partial charge on any atom is -0.332 e. The molecule has 0 amide bonds. The Hall–Kier alpha value is -5.71. The van der Waals surface area contributed by atoms with E-state index in [0.29, 0.717) is 0 Å². The maximum Gasteiger partial charge on any atom is 0.0774 e.